The van der Waals surface area contributed by atoms with E-state index in [1.807, 2.05) is 0 Å². The number of methoxy groups -OCH3 is 1. The Kier molecular flexibility index (Phi) is 10.3. The number of unbranched alkanes of at least 4 members (excludes halogenated alkanes) is 6. The Labute approximate surface area is 177 Å². The van der Waals surface area contributed by atoms with Crippen molar-refractivity contribution in [3.05, 3.63) is 12.2 Å². The molecule has 0 aromatic rings. The average Bonchev–Trinajstić information content (AvgIpc) is 3.11. The lowest BCUT2D eigenvalue weighted by molar-refractivity contribution is -0.149. The maximum absolute atomic E-state index is 12.6. The lowest BCUT2D eigenvalue weighted by Gasteiger charge is -2.45. The van der Waals surface area contributed by atoms with Gasteiger partial charge in [-0.05, 0) is 50.7 Å². The molecule has 0 saturated carbocycles. The number of esters is 1. The minimum absolute atomic E-state index is 0.0846. The summed E-state index contributed by atoms with van der Waals surface area (Å²) in [5, 5.41) is 4.34. The Morgan fingerprint density at radius 3 is 2.61 bits per heavy atom. The van der Waals surface area contributed by atoms with E-state index in [0.29, 0.717) is 6.04 Å². The highest BCUT2D eigenvalue weighted by Gasteiger charge is 2.49. The van der Waals surface area contributed by atoms with Gasteiger partial charge in [-0.3, -0.25) is 4.79 Å². The predicted molar refractivity (Wildman–Crippen MR) is 120 cm³/mol. The van der Waals surface area contributed by atoms with Gasteiger partial charge in [-0.15, -0.1) is 0 Å². The first-order valence-corrected chi connectivity index (χ1v) is 11.9. The van der Waals surface area contributed by atoms with Gasteiger partial charge in [-0.2, -0.15) is 0 Å². The van der Waals surface area contributed by atoms with Crippen LogP contribution < -0.4 is 5.32 Å². The normalized spacial score (nSPS) is 27.1. The number of carbonyl (C=O) groups is 1. The molecule has 0 bridgehead atoms. The maximum Gasteiger partial charge on any atom is 0.312 e. The van der Waals surface area contributed by atoms with Crippen LogP contribution in [0.4, 0.5) is 0 Å². The third-order valence-electron chi connectivity index (χ3n) is 6.33. The first kappa shape index (κ1) is 23.2. The van der Waals surface area contributed by atoms with Gasteiger partial charge in [-0.1, -0.05) is 64.5 Å². The van der Waals surface area contributed by atoms with Gasteiger partial charge in [0.25, 0.3) is 0 Å². The van der Waals surface area contributed by atoms with Crippen molar-refractivity contribution >= 4 is 23.3 Å². The minimum atomic E-state index is -0.114. The van der Waals surface area contributed by atoms with Crippen molar-refractivity contribution in [2.75, 3.05) is 7.11 Å². The Hall–Kier alpha value is -1.10. The molecule has 2 unspecified atom stereocenters. The van der Waals surface area contributed by atoms with Crippen molar-refractivity contribution in [1.29, 1.82) is 0 Å². The standard InChI is InChI=1S/C23H40N2O2S/c1-4-6-8-9-10-11-13-14-18-16-17-20-21(22(26)27-3)19(15-12-7-5-2)24-23(28)25(18)20/h11,13,18-21H,4-10,12,14-17H2,1-3H3,(H,24,28)/b13-11-/t18-,19+,20?,21?/m0/s1. The van der Waals surface area contributed by atoms with Crippen LogP contribution in [0.15, 0.2) is 12.2 Å². The summed E-state index contributed by atoms with van der Waals surface area (Å²) in [4.78, 5) is 14.9. The van der Waals surface area contributed by atoms with Gasteiger partial charge in [0, 0.05) is 18.1 Å². The number of rotatable bonds is 12. The van der Waals surface area contributed by atoms with Gasteiger partial charge in [-0.25, -0.2) is 0 Å². The number of nitrogens with one attached hydrogen (secondary N) is 1. The molecule has 0 spiro atoms. The quantitative estimate of drug-likeness (QED) is 0.204. The summed E-state index contributed by atoms with van der Waals surface area (Å²) >= 11 is 5.74. The monoisotopic (exact) mass is 408 g/mol. The van der Waals surface area contributed by atoms with E-state index in [4.69, 9.17) is 17.0 Å². The second-order valence-corrected chi connectivity index (χ2v) is 8.75. The molecule has 4 atom stereocenters. The van der Waals surface area contributed by atoms with Gasteiger partial charge in [0.2, 0.25) is 0 Å². The highest BCUT2D eigenvalue weighted by molar-refractivity contribution is 7.80. The number of hydrogen-bond donors (Lipinski definition) is 1. The smallest absolute Gasteiger partial charge is 0.312 e. The minimum Gasteiger partial charge on any atom is -0.469 e. The van der Waals surface area contributed by atoms with Gasteiger partial charge in [0.15, 0.2) is 5.11 Å². The van der Waals surface area contributed by atoms with E-state index < -0.39 is 0 Å². The topological polar surface area (TPSA) is 41.6 Å². The summed E-state index contributed by atoms with van der Waals surface area (Å²) in [6, 6.07) is 0.706. The van der Waals surface area contributed by atoms with E-state index in [2.05, 4.69) is 36.2 Å². The van der Waals surface area contributed by atoms with Crippen LogP contribution in [0.25, 0.3) is 0 Å². The number of thiocarbonyl (C=S) groups is 1. The number of allylic oxidation sites excluding steroid dienone is 1. The molecular formula is C23H40N2O2S. The van der Waals surface area contributed by atoms with E-state index in [0.717, 1.165) is 37.2 Å². The Balaban J connectivity index is 1.95. The second-order valence-electron chi connectivity index (χ2n) is 8.36. The van der Waals surface area contributed by atoms with Gasteiger partial charge >= 0.3 is 5.97 Å². The van der Waals surface area contributed by atoms with Crippen molar-refractivity contribution in [3.8, 4) is 0 Å². The molecule has 2 aliphatic heterocycles. The van der Waals surface area contributed by atoms with Crippen LogP contribution in [0.2, 0.25) is 0 Å². The van der Waals surface area contributed by atoms with Crippen LogP contribution in [0.3, 0.4) is 0 Å². The van der Waals surface area contributed by atoms with Gasteiger partial charge in [0.05, 0.1) is 13.0 Å². The second kappa shape index (κ2) is 12.5. The molecule has 5 heteroatoms. The zero-order valence-electron chi connectivity index (χ0n) is 18.1. The maximum atomic E-state index is 12.6. The molecule has 0 amide bonds. The number of ether oxygens (including phenoxy) is 1. The predicted octanol–water partition coefficient (Wildman–Crippen LogP) is 5.36. The van der Waals surface area contributed by atoms with Gasteiger partial charge in [0.1, 0.15) is 0 Å². The fraction of sp³-hybridized carbons (Fsp3) is 0.826. The Bertz CT molecular complexity index is 523. The summed E-state index contributed by atoms with van der Waals surface area (Å²) in [6.07, 6.45) is 18.7. The molecule has 0 aromatic carbocycles. The van der Waals surface area contributed by atoms with E-state index in [-0.39, 0.29) is 24.0 Å². The third-order valence-corrected chi connectivity index (χ3v) is 6.66. The van der Waals surface area contributed by atoms with Crippen molar-refractivity contribution in [1.82, 2.24) is 10.2 Å². The lowest BCUT2D eigenvalue weighted by Crippen LogP contribution is -2.63. The number of fused-ring (bicyclic) bond motifs is 1. The van der Waals surface area contributed by atoms with Crippen molar-refractivity contribution in [3.63, 3.8) is 0 Å². The molecule has 4 nitrogen and oxygen atoms in total. The number of hydrogen-bond acceptors (Lipinski definition) is 3. The van der Waals surface area contributed by atoms with Crippen LogP contribution in [0.1, 0.15) is 90.9 Å². The lowest BCUT2D eigenvalue weighted by atomic mass is 9.85. The third kappa shape index (κ3) is 6.20. The van der Waals surface area contributed by atoms with Crippen LogP contribution in [-0.2, 0) is 9.53 Å². The average molecular weight is 409 g/mol. The van der Waals surface area contributed by atoms with Crippen LogP contribution in [0.5, 0.6) is 0 Å². The molecule has 2 fully saturated rings. The molecule has 28 heavy (non-hydrogen) atoms. The molecule has 0 aliphatic carbocycles. The largest absolute Gasteiger partial charge is 0.469 e. The van der Waals surface area contributed by atoms with E-state index >= 15 is 0 Å². The molecular weight excluding hydrogens is 368 g/mol. The fourth-order valence-corrected chi connectivity index (χ4v) is 5.22. The molecule has 0 aromatic heterocycles. The first-order chi connectivity index (χ1) is 13.6. The van der Waals surface area contributed by atoms with E-state index in [1.165, 1.54) is 52.1 Å². The Morgan fingerprint density at radius 1 is 1.14 bits per heavy atom. The van der Waals surface area contributed by atoms with E-state index in [9.17, 15) is 4.79 Å². The first-order valence-electron chi connectivity index (χ1n) is 11.5. The zero-order valence-corrected chi connectivity index (χ0v) is 18.9. The molecule has 160 valence electrons. The molecule has 0 radical (unpaired) electrons. The Morgan fingerprint density at radius 2 is 1.89 bits per heavy atom. The molecule has 2 rings (SSSR count). The van der Waals surface area contributed by atoms with Crippen molar-refractivity contribution in [2.24, 2.45) is 5.92 Å². The van der Waals surface area contributed by atoms with Crippen LogP contribution in [-0.4, -0.2) is 41.2 Å². The van der Waals surface area contributed by atoms with Gasteiger partial charge < -0.3 is 15.0 Å². The highest BCUT2D eigenvalue weighted by atomic mass is 32.1. The van der Waals surface area contributed by atoms with Crippen LogP contribution >= 0.6 is 12.2 Å². The molecule has 2 saturated heterocycles. The zero-order chi connectivity index (χ0) is 20.4. The summed E-state index contributed by atoms with van der Waals surface area (Å²) in [5.74, 6) is -0.199. The summed E-state index contributed by atoms with van der Waals surface area (Å²) in [6.45, 7) is 4.45. The summed E-state index contributed by atoms with van der Waals surface area (Å²) in [5.41, 5.74) is 0. The number of nitrogens with zero attached hydrogens (tertiary/aromatic N) is 1. The van der Waals surface area contributed by atoms with Crippen molar-refractivity contribution in [2.45, 2.75) is 109 Å². The SMILES string of the molecule is CCCCCC/C=C\C[C@H]1CCC2C(C(=O)OC)[C@@H](CCCCC)NC(=S)N21. The molecule has 2 aliphatic rings. The number of carbonyl (C=O) groups excluding carboxylic acids is 1. The summed E-state index contributed by atoms with van der Waals surface area (Å²) < 4.78 is 5.19. The van der Waals surface area contributed by atoms with Crippen LogP contribution in [0, 0.1) is 5.92 Å². The molecule has 1 N–H and O–H groups in total. The van der Waals surface area contributed by atoms with E-state index in [1.54, 1.807) is 0 Å². The molecule has 2 heterocycles. The summed E-state index contributed by atoms with van der Waals surface area (Å²) in [7, 11) is 1.51. The highest BCUT2D eigenvalue weighted by Crippen LogP contribution is 2.37. The van der Waals surface area contributed by atoms with Crippen molar-refractivity contribution < 1.29 is 9.53 Å². The fourth-order valence-electron chi connectivity index (χ4n) is 4.79.